The van der Waals surface area contributed by atoms with Crippen molar-refractivity contribution in [1.29, 1.82) is 0 Å². The first-order valence-corrected chi connectivity index (χ1v) is 6.26. The molecule has 0 aliphatic carbocycles. The maximum absolute atomic E-state index is 5.75. The lowest BCUT2D eigenvalue weighted by molar-refractivity contribution is 0.402. The third-order valence-corrected chi connectivity index (χ3v) is 2.39. The van der Waals surface area contributed by atoms with E-state index in [2.05, 4.69) is 53.6 Å². The second-order valence-corrected chi connectivity index (χ2v) is 5.05. The molecule has 0 atom stereocenters. The van der Waals surface area contributed by atoms with Crippen molar-refractivity contribution in [2.24, 2.45) is 10.7 Å². The van der Waals surface area contributed by atoms with Gasteiger partial charge in [-0.1, -0.05) is 24.3 Å². The summed E-state index contributed by atoms with van der Waals surface area (Å²) < 4.78 is 0. The van der Waals surface area contributed by atoms with Crippen LogP contribution >= 0.6 is 24.0 Å². The molecular formula is C14H25IN4. The van der Waals surface area contributed by atoms with Crippen molar-refractivity contribution in [3.8, 4) is 0 Å². The summed E-state index contributed by atoms with van der Waals surface area (Å²) in [6.07, 6.45) is 0. The predicted molar refractivity (Wildman–Crippen MR) is 92.8 cm³/mol. The zero-order chi connectivity index (χ0) is 13.5. The van der Waals surface area contributed by atoms with Gasteiger partial charge in [0, 0.05) is 12.6 Å². The third kappa shape index (κ3) is 8.05. The molecule has 0 spiro atoms. The molecule has 0 radical (unpaired) electrons. The van der Waals surface area contributed by atoms with Gasteiger partial charge in [0.15, 0.2) is 5.96 Å². The summed E-state index contributed by atoms with van der Waals surface area (Å²) >= 11 is 0. The van der Waals surface area contributed by atoms with Crippen LogP contribution in [0, 0.1) is 0 Å². The molecule has 0 bridgehead atoms. The fraction of sp³-hybridized carbons (Fsp3) is 0.500. The second-order valence-electron chi connectivity index (χ2n) is 5.05. The molecular weight excluding hydrogens is 351 g/mol. The van der Waals surface area contributed by atoms with Crippen LogP contribution in [0.25, 0.3) is 0 Å². The highest BCUT2D eigenvalue weighted by atomic mass is 127. The average molecular weight is 376 g/mol. The maximum Gasteiger partial charge on any atom is 0.189 e. The molecule has 0 aliphatic heterocycles. The van der Waals surface area contributed by atoms with Gasteiger partial charge in [0.05, 0.1) is 6.54 Å². The molecule has 0 unspecified atom stereocenters. The molecule has 0 aromatic heterocycles. The summed E-state index contributed by atoms with van der Waals surface area (Å²) in [5.74, 6) is 0.502. The van der Waals surface area contributed by atoms with Gasteiger partial charge in [-0.2, -0.15) is 0 Å². The number of guanidine groups is 1. The Bertz CT molecular complexity index is 385. The molecule has 0 saturated carbocycles. The molecule has 0 amide bonds. The Morgan fingerprint density at radius 2 is 1.74 bits per heavy atom. The van der Waals surface area contributed by atoms with Crippen LogP contribution in [0.3, 0.4) is 0 Å². The highest BCUT2D eigenvalue weighted by molar-refractivity contribution is 14.0. The van der Waals surface area contributed by atoms with E-state index >= 15 is 0 Å². The van der Waals surface area contributed by atoms with Crippen molar-refractivity contribution in [1.82, 2.24) is 10.2 Å². The predicted octanol–water partition coefficient (Wildman–Crippen LogP) is 2.18. The van der Waals surface area contributed by atoms with Crippen molar-refractivity contribution in [2.45, 2.75) is 33.0 Å². The van der Waals surface area contributed by atoms with Gasteiger partial charge in [-0.15, -0.1) is 24.0 Å². The molecule has 4 nitrogen and oxygen atoms in total. The van der Waals surface area contributed by atoms with Crippen LogP contribution in [0.4, 0.5) is 0 Å². The summed E-state index contributed by atoms with van der Waals surface area (Å²) in [5, 5.41) is 3.07. The molecule has 1 aromatic carbocycles. The number of hydrogen-bond donors (Lipinski definition) is 2. The normalized spacial score (nSPS) is 11.6. The van der Waals surface area contributed by atoms with E-state index in [-0.39, 0.29) is 24.0 Å². The molecule has 1 aromatic rings. The van der Waals surface area contributed by atoms with Crippen LogP contribution in [-0.4, -0.2) is 31.0 Å². The van der Waals surface area contributed by atoms with Gasteiger partial charge in [-0.25, -0.2) is 4.99 Å². The zero-order valence-electron chi connectivity index (χ0n) is 12.2. The lowest BCUT2D eigenvalue weighted by atomic mass is 10.1. The molecule has 0 fully saturated rings. The Morgan fingerprint density at radius 3 is 2.21 bits per heavy atom. The van der Waals surface area contributed by atoms with Gasteiger partial charge in [0.1, 0.15) is 0 Å². The number of halogens is 1. The number of hydrogen-bond acceptors (Lipinski definition) is 2. The van der Waals surface area contributed by atoms with E-state index in [0.29, 0.717) is 18.5 Å². The first kappa shape index (κ1) is 18.2. The largest absolute Gasteiger partial charge is 0.370 e. The van der Waals surface area contributed by atoms with Crippen molar-refractivity contribution in [3.05, 3.63) is 35.4 Å². The van der Waals surface area contributed by atoms with Crippen molar-refractivity contribution >= 4 is 29.9 Å². The van der Waals surface area contributed by atoms with Crippen LogP contribution < -0.4 is 11.1 Å². The van der Waals surface area contributed by atoms with Crippen molar-refractivity contribution in [2.75, 3.05) is 14.1 Å². The van der Waals surface area contributed by atoms with Crippen molar-refractivity contribution < 1.29 is 0 Å². The number of rotatable bonds is 5. The minimum Gasteiger partial charge on any atom is -0.370 e. The Balaban J connectivity index is 0.00000324. The third-order valence-electron chi connectivity index (χ3n) is 2.39. The van der Waals surface area contributed by atoms with E-state index in [1.54, 1.807) is 0 Å². The first-order valence-electron chi connectivity index (χ1n) is 6.26. The van der Waals surface area contributed by atoms with E-state index in [1.165, 1.54) is 11.1 Å². The molecule has 3 N–H and O–H groups in total. The summed E-state index contributed by atoms with van der Waals surface area (Å²) in [5.41, 5.74) is 8.23. The molecule has 108 valence electrons. The lowest BCUT2D eigenvalue weighted by Gasteiger charge is -2.10. The number of nitrogens with one attached hydrogen (secondary N) is 1. The van der Waals surface area contributed by atoms with Crippen LogP contribution in [0.15, 0.2) is 29.3 Å². The van der Waals surface area contributed by atoms with Gasteiger partial charge in [0.2, 0.25) is 0 Å². The number of nitrogens with two attached hydrogens (primary N) is 1. The number of benzene rings is 1. The smallest absolute Gasteiger partial charge is 0.189 e. The van der Waals surface area contributed by atoms with Crippen LogP contribution in [0.1, 0.15) is 25.0 Å². The van der Waals surface area contributed by atoms with Gasteiger partial charge in [-0.3, -0.25) is 0 Å². The van der Waals surface area contributed by atoms with E-state index in [9.17, 15) is 0 Å². The topological polar surface area (TPSA) is 53.6 Å². The highest BCUT2D eigenvalue weighted by Crippen LogP contribution is 2.07. The SMILES string of the molecule is CC(C)NC(N)=NCc1ccc(CN(C)C)cc1.I. The second kappa shape index (κ2) is 9.14. The maximum atomic E-state index is 5.75. The van der Waals surface area contributed by atoms with E-state index in [4.69, 9.17) is 5.73 Å². The van der Waals surface area contributed by atoms with E-state index in [1.807, 2.05) is 13.8 Å². The van der Waals surface area contributed by atoms with Crippen LogP contribution in [0.5, 0.6) is 0 Å². The molecule has 0 aliphatic rings. The monoisotopic (exact) mass is 376 g/mol. The quantitative estimate of drug-likeness (QED) is 0.471. The molecule has 5 heteroatoms. The Labute approximate surface area is 133 Å². The molecule has 0 heterocycles. The van der Waals surface area contributed by atoms with Gasteiger partial charge < -0.3 is 16.0 Å². The first-order chi connectivity index (χ1) is 8.47. The highest BCUT2D eigenvalue weighted by Gasteiger charge is 1.98. The van der Waals surface area contributed by atoms with Gasteiger partial charge in [-0.05, 0) is 39.1 Å². The summed E-state index contributed by atoms with van der Waals surface area (Å²) in [4.78, 5) is 6.45. The summed E-state index contributed by atoms with van der Waals surface area (Å²) in [7, 11) is 4.13. The zero-order valence-corrected chi connectivity index (χ0v) is 14.5. The minimum absolute atomic E-state index is 0. The fourth-order valence-electron chi connectivity index (χ4n) is 1.63. The summed E-state index contributed by atoms with van der Waals surface area (Å²) in [6.45, 7) is 5.66. The minimum atomic E-state index is 0. The standard InChI is InChI=1S/C14H24N4.HI/c1-11(2)17-14(15)16-9-12-5-7-13(8-6-12)10-18(3)4;/h5-8,11H,9-10H2,1-4H3,(H3,15,16,17);1H. The summed E-state index contributed by atoms with van der Waals surface area (Å²) in [6, 6.07) is 8.79. The Morgan fingerprint density at radius 1 is 1.21 bits per heavy atom. The van der Waals surface area contributed by atoms with Crippen LogP contribution in [-0.2, 0) is 13.1 Å². The van der Waals surface area contributed by atoms with E-state index < -0.39 is 0 Å². The number of nitrogens with zero attached hydrogens (tertiary/aromatic N) is 2. The average Bonchev–Trinajstić information content (AvgIpc) is 2.26. The lowest BCUT2D eigenvalue weighted by Crippen LogP contribution is -2.36. The van der Waals surface area contributed by atoms with E-state index in [0.717, 1.165) is 6.54 Å². The van der Waals surface area contributed by atoms with Gasteiger partial charge in [0.25, 0.3) is 0 Å². The molecule has 1 rings (SSSR count). The molecule has 19 heavy (non-hydrogen) atoms. The van der Waals surface area contributed by atoms with Crippen LogP contribution in [0.2, 0.25) is 0 Å². The van der Waals surface area contributed by atoms with Gasteiger partial charge >= 0.3 is 0 Å². The Hall–Kier alpha value is -0.820. The number of aliphatic imine (C=N–C) groups is 1. The fourth-order valence-corrected chi connectivity index (χ4v) is 1.63. The Kier molecular flexibility index (Phi) is 8.75. The van der Waals surface area contributed by atoms with Crippen molar-refractivity contribution in [3.63, 3.8) is 0 Å². The molecule has 0 saturated heterocycles.